The molecule has 3 saturated carbocycles. The van der Waals surface area contributed by atoms with E-state index in [4.69, 9.17) is 4.98 Å². The zero-order valence-corrected chi connectivity index (χ0v) is 27.4. The summed E-state index contributed by atoms with van der Waals surface area (Å²) in [7, 11) is 0. The molecule has 1 aromatic heterocycles. The Labute approximate surface area is 268 Å². The van der Waals surface area contributed by atoms with Gasteiger partial charge in [0.05, 0.1) is 11.3 Å². The number of fused-ring (bicyclic) bond motifs is 1. The molecule has 0 bridgehead atoms. The topological polar surface area (TPSA) is 50.2 Å². The van der Waals surface area contributed by atoms with Crippen molar-refractivity contribution < 1.29 is 30.0 Å². The molecule has 3 nitrogen and oxygen atoms in total. The minimum absolute atomic E-state index is 0. The van der Waals surface area contributed by atoms with Crippen molar-refractivity contribution in [1.82, 2.24) is 4.98 Å². The first-order chi connectivity index (χ1) is 19.4. The maximum atomic E-state index is 11.8. The van der Waals surface area contributed by atoms with Crippen molar-refractivity contribution in [2.45, 2.75) is 111 Å². The number of aliphatic hydroxyl groups is 1. The normalized spacial score (nSPS) is 21.3. The maximum Gasteiger partial charge on any atom is 0.162 e. The van der Waals surface area contributed by atoms with Gasteiger partial charge in [-0.1, -0.05) is 84.9 Å². The number of aromatic nitrogens is 1. The smallest absolute Gasteiger partial charge is 0.162 e. The molecular weight excluding hydrogens is 695 g/mol. The molecular formula is C38H50IrNO2-. The Morgan fingerprint density at radius 1 is 0.857 bits per heavy atom. The van der Waals surface area contributed by atoms with E-state index in [1.54, 1.807) is 0 Å². The number of rotatable bonds is 5. The number of hydrogen-bond donors (Lipinski definition) is 1. The van der Waals surface area contributed by atoms with Crippen LogP contribution in [0.3, 0.4) is 0 Å². The van der Waals surface area contributed by atoms with Crippen LogP contribution in [0.15, 0.2) is 54.3 Å². The van der Waals surface area contributed by atoms with Gasteiger partial charge in [-0.05, 0) is 79.1 Å². The average Bonchev–Trinajstić information content (AvgIpc) is 3.68. The molecule has 3 aromatic rings. The second kappa shape index (κ2) is 16.0. The van der Waals surface area contributed by atoms with Gasteiger partial charge in [0, 0.05) is 38.0 Å². The average molecular weight is 745 g/mol. The van der Waals surface area contributed by atoms with E-state index in [9.17, 15) is 9.90 Å². The van der Waals surface area contributed by atoms with E-state index in [1.807, 2.05) is 0 Å². The number of ketones is 1. The quantitative estimate of drug-likeness (QED) is 0.161. The van der Waals surface area contributed by atoms with Crippen molar-refractivity contribution in [3.05, 3.63) is 77.1 Å². The summed E-state index contributed by atoms with van der Waals surface area (Å²) in [5.41, 5.74) is 7.10. The standard InChI is InChI=1S/C24H26N.C13H20O2.CH4.Ir/c1-16-4-6-19(7-5-16)20-8-10-23-21(15-20)9-11-24(25-23)22-13-17(2)12-18(3)14-22;14-12(10-5-1-2-6-10)9-13(15)11-7-3-4-8-11;;/h8-13,15-16,19H,4-7H2,1-3H3;9-11,14H,1-8H2;1H4;/q-1;;;. The number of hydrogen-bond acceptors (Lipinski definition) is 3. The predicted octanol–water partition coefficient (Wildman–Crippen LogP) is 10.6. The Hall–Kier alpha value is -2.29. The molecule has 0 spiro atoms. The van der Waals surface area contributed by atoms with Crippen molar-refractivity contribution in [3.8, 4) is 11.3 Å². The second-order valence-corrected chi connectivity index (χ2v) is 12.8. The number of pyridine rings is 1. The first-order valence-electron chi connectivity index (χ1n) is 15.7. The summed E-state index contributed by atoms with van der Waals surface area (Å²) >= 11 is 0. The van der Waals surface area contributed by atoms with Crippen LogP contribution in [0.2, 0.25) is 0 Å². The summed E-state index contributed by atoms with van der Waals surface area (Å²) in [6.45, 7) is 6.60. The Kier molecular flexibility index (Phi) is 13.0. The van der Waals surface area contributed by atoms with Crippen molar-refractivity contribution in [2.75, 3.05) is 0 Å². The van der Waals surface area contributed by atoms with Gasteiger partial charge in [-0.25, -0.2) is 0 Å². The number of nitrogens with zero attached hydrogens (tertiary/aromatic N) is 1. The van der Waals surface area contributed by atoms with Gasteiger partial charge in [0.25, 0.3) is 0 Å². The van der Waals surface area contributed by atoms with Gasteiger partial charge in [0.15, 0.2) is 5.78 Å². The Balaban J connectivity index is 0.000000246. The SMILES string of the molecule is C.Cc1[c-]c(-c2ccc3cc(C4CCC(C)CC4)ccc3n2)cc(C)c1.O=C(C=C(O)C1CCCC1)C1CCCC1.[Ir]. The van der Waals surface area contributed by atoms with Gasteiger partial charge in [-0.15, -0.1) is 34.9 Å². The van der Waals surface area contributed by atoms with Crippen molar-refractivity contribution in [2.24, 2.45) is 17.8 Å². The number of carbonyl (C=O) groups is 1. The van der Waals surface area contributed by atoms with E-state index in [1.165, 1.54) is 79.5 Å². The van der Waals surface area contributed by atoms with Gasteiger partial charge < -0.3 is 5.11 Å². The Morgan fingerprint density at radius 2 is 1.50 bits per heavy atom. The zero-order valence-electron chi connectivity index (χ0n) is 25.0. The molecule has 0 atom stereocenters. The van der Waals surface area contributed by atoms with Crippen molar-refractivity contribution in [1.29, 1.82) is 0 Å². The summed E-state index contributed by atoms with van der Waals surface area (Å²) in [5.74, 6) is 2.62. The molecule has 1 radical (unpaired) electrons. The Morgan fingerprint density at radius 3 is 2.14 bits per heavy atom. The molecule has 229 valence electrons. The summed E-state index contributed by atoms with van der Waals surface area (Å²) in [4.78, 5) is 16.7. The van der Waals surface area contributed by atoms with Crippen molar-refractivity contribution in [3.63, 3.8) is 0 Å². The minimum atomic E-state index is 0. The summed E-state index contributed by atoms with van der Waals surface area (Å²) in [6.07, 6.45) is 15.8. The molecule has 4 heteroatoms. The maximum absolute atomic E-state index is 11.8. The summed E-state index contributed by atoms with van der Waals surface area (Å²) in [6, 6.07) is 19.0. The number of aliphatic hydroxyl groups excluding tert-OH is 1. The molecule has 2 aromatic carbocycles. The van der Waals surface area contributed by atoms with Crippen LogP contribution in [-0.2, 0) is 24.9 Å². The van der Waals surface area contributed by atoms with Crippen LogP contribution in [0.4, 0.5) is 0 Å². The fourth-order valence-corrected chi connectivity index (χ4v) is 6.99. The van der Waals surface area contributed by atoms with E-state index in [-0.39, 0.29) is 45.2 Å². The molecule has 42 heavy (non-hydrogen) atoms. The third-order valence-electron chi connectivity index (χ3n) is 9.45. The van der Waals surface area contributed by atoms with Crippen molar-refractivity contribution >= 4 is 16.7 Å². The van der Waals surface area contributed by atoms with Gasteiger partial charge in [-0.3, -0.25) is 9.78 Å². The molecule has 1 heterocycles. The van der Waals surface area contributed by atoms with Crippen LogP contribution in [0.1, 0.15) is 114 Å². The number of benzene rings is 2. The predicted molar refractivity (Wildman–Crippen MR) is 172 cm³/mol. The minimum Gasteiger partial charge on any atom is -0.512 e. The van der Waals surface area contributed by atoms with E-state index in [0.717, 1.165) is 54.3 Å². The van der Waals surface area contributed by atoms with Gasteiger partial charge >= 0.3 is 0 Å². The molecule has 3 fully saturated rings. The van der Waals surface area contributed by atoms with E-state index in [2.05, 4.69) is 69.3 Å². The number of aryl methyl sites for hydroxylation is 2. The van der Waals surface area contributed by atoms with Crippen LogP contribution in [-0.4, -0.2) is 15.9 Å². The van der Waals surface area contributed by atoms with E-state index >= 15 is 0 Å². The first-order valence-corrected chi connectivity index (χ1v) is 15.7. The largest absolute Gasteiger partial charge is 0.512 e. The third kappa shape index (κ3) is 8.87. The van der Waals surface area contributed by atoms with Crippen LogP contribution >= 0.6 is 0 Å². The van der Waals surface area contributed by atoms with Crippen LogP contribution in [0, 0.1) is 37.7 Å². The monoisotopic (exact) mass is 745 g/mol. The van der Waals surface area contributed by atoms with Crippen LogP contribution < -0.4 is 0 Å². The molecule has 1 N–H and O–H groups in total. The summed E-state index contributed by atoms with van der Waals surface area (Å²) in [5, 5.41) is 11.1. The molecule has 0 amide bonds. The van der Waals surface area contributed by atoms with Gasteiger partial charge in [0.1, 0.15) is 0 Å². The van der Waals surface area contributed by atoms with E-state index < -0.39 is 0 Å². The first kappa shape index (κ1) is 34.2. The van der Waals surface area contributed by atoms with Gasteiger partial charge in [-0.2, -0.15) is 0 Å². The molecule has 3 aliphatic carbocycles. The van der Waals surface area contributed by atoms with Crippen LogP contribution in [0.5, 0.6) is 0 Å². The Bertz CT molecular complexity index is 1320. The molecule has 6 rings (SSSR count). The third-order valence-corrected chi connectivity index (χ3v) is 9.45. The van der Waals surface area contributed by atoms with E-state index in [0.29, 0.717) is 5.76 Å². The molecule has 0 aliphatic heterocycles. The summed E-state index contributed by atoms with van der Waals surface area (Å²) < 4.78 is 0. The molecule has 0 unspecified atom stereocenters. The zero-order chi connectivity index (χ0) is 28.1. The fraction of sp³-hybridized carbons (Fsp3) is 0.526. The van der Waals surface area contributed by atoms with Crippen LogP contribution in [0.25, 0.3) is 22.2 Å². The second-order valence-electron chi connectivity index (χ2n) is 12.8. The molecule has 3 aliphatic rings. The molecule has 0 saturated heterocycles. The van der Waals surface area contributed by atoms with Gasteiger partial charge in [0.2, 0.25) is 0 Å². The fourth-order valence-electron chi connectivity index (χ4n) is 6.99. The number of allylic oxidation sites excluding steroid dienone is 2. The number of carbonyl (C=O) groups excluding carboxylic acids is 1.